The molecule has 6 heteroatoms. The third-order valence-electron chi connectivity index (χ3n) is 4.77. The van der Waals surface area contributed by atoms with Crippen molar-refractivity contribution in [2.75, 3.05) is 47.4 Å². The Kier molecular flexibility index (Phi) is 15.1. The van der Waals surface area contributed by atoms with Gasteiger partial charge in [-0.3, -0.25) is 4.99 Å². The van der Waals surface area contributed by atoms with Crippen LogP contribution in [0.4, 0.5) is 0 Å². The van der Waals surface area contributed by atoms with Crippen LogP contribution >= 0.6 is 24.0 Å². The molecule has 144 valence electrons. The lowest BCUT2D eigenvalue weighted by Gasteiger charge is -2.35. The molecule has 0 amide bonds. The van der Waals surface area contributed by atoms with Gasteiger partial charge in [0.15, 0.2) is 5.96 Å². The lowest BCUT2D eigenvalue weighted by Crippen LogP contribution is -2.48. The minimum absolute atomic E-state index is 0. The Labute approximate surface area is 166 Å². The van der Waals surface area contributed by atoms with Crippen LogP contribution in [0.25, 0.3) is 0 Å². The first kappa shape index (κ1) is 23.9. The van der Waals surface area contributed by atoms with Crippen LogP contribution in [0, 0.1) is 5.92 Å². The second-order valence-electron chi connectivity index (χ2n) is 6.71. The summed E-state index contributed by atoms with van der Waals surface area (Å²) in [6.45, 7) is 5.62. The van der Waals surface area contributed by atoms with Crippen molar-refractivity contribution in [3.05, 3.63) is 0 Å². The maximum Gasteiger partial charge on any atom is 0.191 e. The molecule has 0 radical (unpaired) electrons. The van der Waals surface area contributed by atoms with E-state index in [1.54, 1.807) is 0 Å². The molecule has 0 aromatic carbocycles. The number of hydrogen-bond donors (Lipinski definition) is 2. The van der Waals surface area contributed by atoms with Gasteiger partial charge in [-0.05, 0) is 52.6 Å². The summed E-state index contributed by atoms with van der Waals surface area (Å²) in [5, 5.41) is 6.92. The number of likely N-dealkylation sites (N-methyl/N-ethyl adjacent to an activating group) is 1. The van der Waals surface area contributed by atoms with Gasteiger partial charge < -0.3 is 20.3 Å². The third kappa shape index (κ3) is 10.0. The summed E-state index contributed by atoms with van der Waals surface area (Å²) < 4.78 is 5.36. The van der Waals surface area contributed by atoms with Gasteiger partial charge in [-0.15, -0.1) is 24.0 Å². The molecule has 1 saturated carbocycles. The van der Waals surface area contributed by atoms with E-state index in [1.807, 2.05) is 14.0 Å². The lowest BCUT2D eigenvalue weighted by molar-refractivity contribution is 0.143. The molecular weight excluding hydrogens is 415 g/mol. The van der Waals surface area contributed by atoms with Crippen molar-refractivity contribution in [2.24, 2.45) is 10.9 Å². The Morgan fingerprint density at radius 1 is 1.17 bits per heavy atom. The van der Waals surface area contributed by atoms with Crippen molar-refractivity contribution in [2.45, 2.75) is 57.9 Å². The molecule has 0 aliphatic heterocycles. The highest BCUT2D eigenvalue weighted by atomic mass is 127. The fourth-order valence-corrected chi connectivity index (χ4v) is 3.39. The van der Waals surface area contributed by atoms with E-state index in [1.165, 1.54) is 32.1 Å². The second-order valence-corrected chi connectivity index (χ2v) is 6.71. The zero-order valence-corrected chi connectivity index (χ0v) is 18.5. The zero-order valence-electron chi connectivity index (χ0n) is 16.1. The molecule has 0 aromatic heterocycles. The number of unbranched alkanes of at least 4 members (excludes halogenated alkanes) is 1. The van der Waals surface area contributed by atoms with Gasteiger partial charge in [0.25, 0.3) is 0 Å². The standard InChI is InChI=1S/C18H38N4O.HI/c1-5-23-14-10-9-13-20-18(19-2)21-15-17(22(3)4)16-11-7-6-8-12-16;/h16-17H,5-15H2,1-4H3,(H2,19,20,21);1H. The molecule has 0 saturated heterocycles. The fraction of sp³-hybridized carbons (Fsp3) is 0.944. The Morgan fingerprint density at radius 3 is 2.46 bits per heavy atom. The molecule has 0 bridgehead atoms. The highest BCUT2D eigenvalue weighted by Gasteiger charge is 2.25. The SMILES string of the molecule is CCOCCCCNC(=NC)NCC(C1CCCCC1)N(C)C.I. The number of nitrogens with one attached hydrogen (secondary N) is 2. The summed E-state index contributed by atoms with van der Waals surface area (Å²) >= 11 is 0. The van der Waals surface area contributed by atoms with Crippen LogP contribution in [0.15, 0.2) is 4.99 Å². The van der Waals surface area contributed by atoms with E-state index in [-0.39, 0.29) is 24.0 Å². The van der Waals surface area contributed by atoms with Crippen LogP contribution in [-0.2, 0) is 4.74 Å². The molecule has 24 heavy (non-hydrogen) atoms. The highest BCUT2D eigenvalue weighted by molar-refractivity contribution is 14.0. The summed E-state index contributed by atoms with van der Waals surface area (Å²) in [6, 6.07) is 0.590. The van der Waals surface area contributed by atoms with E-state index in [9.17, 15) is 0 Å². The normalized spacial score (nSPS) is 17.5. The van der Waals surface area contributed by atoms with Crippen LogP contribution in [-0.4, -0.2) is 64.3 Å². The Balaban J connectivity index is 0.00000529. The zero-order chi connectivity index (χ0) is 16.9. The van der Waals surface area contributed by atoms with Crippen molar-refractivity contribution in [1.82, 2.24) is 15.5 Å². The van der Waals surface area contributed by atoms with E-state index in [2.05, 4.69) is 34.6 Å². The van der Waals surface area contributed by atoms with Crippen LogP contribution < -0.4 is 10.6 Å². The topological polar surface area (TPSA) is 48.9 Å². The van der Waals surface area contributed by atoms with Crippen LogP contribution in [0.1, 0.15) is 51.9 Å². The molecule has 0 aromatic rings. The van der Waals surface area contributed by atoms with Crippen molar-refractivity contribution >= 4 is 29.9 Å². The van der Waals surface area contributed by atoms with E-state index in [0.717, 1.165) is 51.0 Å². The largest absolute Gasteiger partial charge is 0.382 e. The van der Waals surface area contributed by atoms with Gasteiger partial charge in [-0.25, -0.2) is 0 Å². The van der Waals surface area contributed by atoms with Crippen molar-refractivity contribution in [1.29, 1.82) is 0 Å². The molecule has 1 aliphatic rings. The summed E-state index contributed by atoms with van der Waals surface area (Å²) in [5.41, 5.74) is 0. The molecule has 1 fully saturated rings. The monoisotopic (exact) mass is 454 g/mol. The van der Waals surface area contributed by atoms with Gasteiger partial charge in [0.1, 0.15) is 0 Å². The number of halogens is 1. The first-order valence-electron chi connectivity index (χ1n) is 9.37. The first-order valence-corrected chi connectivity index (χ1v) is 9.37. The molecule has 1 aliphatic carbocycles. The maximum absolute atomic E-state index is 5.36. The summed E-state index contributed by atoms with van der Waals surface area (Å²) in [7, 11) is 6.25. The Morgan fingerprint density at radius 2 is 1.88 bits per heavy atom. The molecule has 1 rings (SSSR count). The molecule has 2 N–H and O–H groups in total. The van der Waals surface area contributed by atoms with Gasteiger partial charge >= 0.3 is 0 Å². The van der Waals surface area contributed by atoms with E-state index >= 15 is 0 Å². The molecule has 0 spiro atoms. The summed E-state index contributed by atoms with van der Waals surface area (Å²) in [5.74, 6) is 1.74. The third-order valence-corrected chi connectivity index (χ3v) is 4.77. The Hall–Kier alpha value is -0.0800. The van der Waals surface area contributed by atoms with Gasteiger partial charge in [-0.1, -0.05) is 19.3 Å². The lowest BCUT2D eigenvalue weighted by atomic mass is 9.83. The Bertz CT molecular complexity index is 320. The first-order chi connectivity index (χ1) is 11.2. The summed E-state index contributed by atoms with van der Waals surface area (Å²) in [4.78, 5) is 6.72. The van der Waals surface area contributed by atoms with E-state index in [0.29, 0.717) is 6.04 Å². The van der Waals surface area contributed by atoms with Gasteiger partial charge in [-0.2, -0.15) is 0 Å². The van der Waals surface area contributed by atoms with Crippen LogP contribution in [0.2, 0.25) is 0 Å². The van der Waals surface area contributed by atoms with Crippen LogP contribution in [0.3, 0.4) is 0 Å². The molecule has 1 unspecified atom stereocenters. The average molecular weight is 454 g/mol. The quantitative estimate of drug-likeness (QED) is 0.231. The van der Waals surface area contributed by atoms with Gasteiger partial charge in [0.05, 0.1) is 0 Å². The number of aliphatic imine (C=N–C) groups is 1. The number of rotatable bonds is 10. The van der Waals surface area contributed by atoms with Crippen molar-refractivity contribution < 1.29 is 4.74 Å². The maximum atomic E-state index is 5.36. The fourth-order valence-electron chi connectivity index (χ4n) is 3.39. The average Bonchev–Trinajstić information content (AvgIpc) is 2.57. The minimum Gasteiger partial charge on any atom is -0.382 e. The van der Waals surface area contributed by atoms with E-state index in [4.69, 9.17) is 4.74 Å². The van der Waals surface area contributed by atoms with Gasteiger partial charge in [0, 0.05) is 39.4 Å². The molecular formula is C18H39IN4O. The van der Waals surface area contributed by atoms with Crippen molar-refractivity contribution in [3.63, 3.8) is 0 Å². The van der Waals surface area contributed by atoms with Crippen LogP contribution in [0.5, 0.6) is 0 Å². The second kappa shape index (κ2) is 15.2. The number of ether oxygens (including phenoxy) is 1. The molecule has 0 heterocycles. The number of hydrogen-bond acceptors (Lipinski definition) is 3. The van der Waals surface area contributed by atoms with Crippen molar-refractivity contribution in [3.8, 4) is 0 Å². The minimum atomic E-state index is 0. The number of nitrogens with zero attached hydrogens (tertiary/aromatic N) is 2. The smallest absolute Gasteiger partial charge is 0.191 e. The predicted molar refractivity (Wildman–Crippen MR) is 115 cm³/mol. The van der Waals surface area contributed by atoms with Gasteiger partial charge in [0.2, 0.25) is 0 Å². The van der Waals surface area contributed by atoms with E-state index < -0.39 is 0 Å². The number of guanidine groups is 1. The molecule has 5 nitrogen and oxygen atoms in total. The summed E-state index contributed by atoms with van der Waals surface area (Å²) in [6.07, 6.45) is 9.14. The highest BCUT2D eigenvalue weighted by Crippen LogP contribution is 2.27. The predicted octanol–water partition coefficient (Wildman–Crippen LogP) is 3.10. The molecule has 1 atom stereocenters.